The van der Waals surface area contributed by atoms with Gasteiger partial charge in [0, 0.05) is 31.1 Å². The molecule has 0 spiro atoms. The number of aliphatic carboxylic acids is 1. The van der Waals surface area contributed by atoms with E-state index in [1.807, 2.05) is 37.3 Å². The first-order valence-corrected chi connectivity index (χ1v) is 12.8. The second kappa shape index (κ2) is 14.1. The summed E-state index contributed by atoms with van der Waals surface area (Å²) in [7, 11) is 0. The van der Waals surface area contributed by atoms with Crippen LogP contribution in [0.3, 0.4) is 0 Å². The molecule has 1 unspecified atom stereocenters. The van der Waals surface area contributed by atoms with Crippen LogP contribution in [-0.4, -0.2) is 53.1 Å². The smallest absolute Gasteiger partial charge is 0.303 e. The fourth-order valence-corrected chi connectivity index (χ4v) is 4.47. The van der Waals surface area contributed by atoms with Gasteiger partial charge in [-0.15, -0.1) is 0 Å². The van der Waals surface area contributed by atoms with Gasteiger partial charge in [-0.1, -0.05) is 50.1 Å². The van der Waals surface area contributed by atoms with Crippen LogP contribution in [0, 0.1) is 0 Å². The van der Waals surface area contributed by atoms with Gasteiger partial charge in [0.05, 0.1) is 6.61 Å². The molecule has 1 aliphatic rings. The summed E-state index contributed by atoms with van der Waals surface area (Å²) in [6.45, 7) is 2.61. The standard InChI is InChI=1S/C28H37N3O5/c1-2-25(32)31(23-11-6-7-12-23)27(28(35)29-19-18-21-9-4-3-5-10-21)30-22-14-16-24(17-15-22)36-20-8-13-26(33)34/h3-5,9-10,14-17,23,27,30H,2,6-8,11-13,18-20H2,1H3,(H,29,35)(H,33,34). The molecule has 3 rings (SSSR count). The lowest BCUT2D eigenvalue weighted by molar-refractivity contribution is -0.141. The van der Waals surface area contributed by atoms with Gasteiger partial charge < -0.3 is 25.4 Å². The molecule has 194 valence electrons. The number of carbonyl (C=O) groups excluding carboxylic acids is 2. The first-order chi connectivity index (χ1) is 17.5. The van der Waals surface area contributed by atoms with Gasteiger partial charge in [-0.05, 0) is 55.5 Å². The molecule has 1 atom stereocenters. The molecule has 0 saturated heterocycles. The van der Waals surface area contributed by atoms with Gasteiger partial charge in [0.25, 0.3) is 5.91 Å². The van der Waals surface area contributed by atoms with Crippen LogP contribution >= 0.6 is 0 Å². The van der Waals surface area contributed by atoms with Crippen LogP contribution in [0.5, 0.6) is 5.75 Å². The second-order valence-electron chi connectivity index (χ2n) is 9.04. The summed E-state index contributed by atoms with van der Waals surface area (Å²) in [6.07, 6.45) is 4.59. The quantitative estimate of drug-likeness (QED) is 0.268. The van der Waals surface area contributed by atoms with Crippen LogP contribution in [0.15, 0.2) is 54.6 Å². The third-order valence-electron chi connectivity index (χ3n) is 6.35. The van der Waals surface area contributed by atoms with E-state index in [0.717, 1.165) is 31.2 Å². The van der Waals surface area contributed by atoms with E-state index in [4.69, 9.17) is 9.84 Å². The van der Waals surface area contributed by atoms with Crippen molar-refractivity contribution in [2.75, 3.05) is 18.5 Å². The van der Waals surface area contributed by atoms with Crippen molar-refractivity contribution >= 4 is 23.5 Å². The highest BCUT2D eigenvalue weighted by atomic mass is 16.5. The third kappa shape index (κ3) is 8.29. The molecule has 1 saturated carbocycles. The van der Waals surface area contributed by atoms with E-state index in [9.17, 15) is 14.4 Å². The van der Waals surface area contributed by atoms with Gasteiger partial charge in [0.1, 0.15) is 5.75 Å². The van der Waals surface area contributed by atoms with Crippen LogP contribution < -0.4 is 15.4 Å². The Kier molecular flexibility index (Phi) is 10.6. The number of anilines is 1. The third-order valence-corrected chi connectivity index (χ3v) is 6.35. The van der Waals surface area contributed by atoms with Gasteiger partial charge in [-0.3, -0.25) is 14.4 Å². The van der Waals surface area contributed by atoms with Crippen LogP contribution in [-0.2, 0) is 20.8 Å². The molecule has 3 N–H and O–H groups in total. The first-order valence-electron chi connectivity index (χ1n) is 12.8. The predicted molar refractivity (Wildman–Crippen MR) is 139 cm³/mol. The minimum Gasteiger partial charge on any atom is -0.494 e. The molecule has 2 aromatic rings. The van der Waals surface area contributed by atoms with Crippen molar-refractivity contribution in [3.05, 3.63) is 60.2 Å². The van der Waals surface area contributed by atoms with Crippen molar-refractivity contribution in [3.63, 3.8) is 0 Å². The van der Waals surface area contributed by atoms with E-state index in [2.05, 4.69) is 10.6 Å². The monoisotopic (exact) mass is 495 g/mol. The molecule has 2 aromatic carbocycles. The zero-order valence-corrected chi connectivity index (χ0v) is 20.9. The SMILES string of the molecule is CCC(=O)N(C1CCCC1)C(Nc1ccc(OCCCC(=O)O)cc1)C(=O)NCCc1ccccc1. The molecular formula is C28H37N3O5. The number of ether oxygens (including phenoxy) is 1. The molecule has 8 nitrogen and oxygen atoms in total. The molecule has 0 bridgehead atoms. The molecule has 1 fully saturated rings. The largest absolute Gasteiger partial charge is 0.494 e. The second-order valence-corrected chi connectivity index (χ2v) is 9.04. The van der Waals surface area contributed by atoms with Gasteiger partial charge in [0.15, 0.2) is 6.17 Å². The Labute approximate surface area is 213 Å². The van der Waals surface area contributed by atoms with Crippen molar-refractivity contribution < 1.29 is 24.2 Å². The highest BCUT2D eigenvalue weighted by Crippen LogP contribution is 2.27. The molecule has 8 heteroatoms. The van der Waals surface area contributed by atoms with Gasteiger partial charge >= 0.3 is 5.97 Å². The molecule has 1 aliphatic carbocycles. The number of amides is 2. The molecule has 0 heterocycles. The fraction of sp³-hybridized carbons (Fsp3) is 0.464. The van der Waals surface area contributed by atoms with Crippen molar-refractivity contribution in [2.24, 2.45) is 0 Å². The lowest BCUT2D eigenvalue weighted by atomic mass is 10.1. The summed E-state index contributed by atoms with van der Waals surface area (Å²) in [5.74, 6) is -0.503. The predicted octanol–water partition coefficient (Wildman–Crippen LogP) is 4.21. The number of benzene rings is 2. The van der Waals surface area contributed by atoms with E-state index in [0.29, 0.717) is 43.9 Å². The summed E-state index contributed by atoms with van der Waals surface area (Å²) in [5, 5.41) is 15.1. The minimum absolute atomic E-state index is 0.0339. The van der Waals surface area contributed by atoms with E-state index in [1.165, 1.54) is 0 Å². The van der Waals surface area contributed by atoms with Crippen molar-refractivity contribution in [3.8, 4) is 5.75 Å². The molecule has 2 amide bonds. The van der Waals surface area contributed by atoms with E-state index in [1.54, 1.807) is 29.2 Å². The van der Waals surface area contributed by atoms with Crippen molar-refractivity contribution in [1.82, 2.24) is 10.2 Å². The van der Waals surface area contributed by atoms with Crippen molar-refractivity contribution in [1.29, 1.82) is 0 Å². The Bertz CT molecular complexity index is 974. The van der Waals surface area contributed by atoms with E-state index >= 15 is 0 Å². The number of nitrogens with one attached hydrogen (secondary N) is 2. The fourth-order valence-electron chi connectivity index (χ4n) is 4.47. The van der Waals surface area contributed by atoms with E-state index < -0.39 is 12.1 Å². The highest BCUT2D eigenvalue weighted by molar-refractivity contribution is 5.89. The van der Waals surface area contributed by atoms with Gasteiger partial charge in [-0.2, -0.15) is 0 Å². The number of carbonyl (C=O) groups is 3. The maximum absolute atomic E-state index is 13.4. The number of hydrogen-bond donors (Lipinski definition) is 3. The van der Waals surface area contributed by atoms with Crippen LogP contribution in [0.1, 0.15) is 57.4 Å². The Morgan fingerprint density at radius 2 is 1.75 bits per heavy atom. The number of nitrogens with zero attached hydrogens (tertiary/aromatic N) is 1. The van der Waals surface area contributed by atoms with Gasteiger partial charge in [-0.25, -0.2) is 0 Å². The summed E-state index contributed by atoms with van der Waals surface area (Å²) in [6, 6.07) is 17.2. The van der Waals surface area contributed by atoms with Crippen LogP contribution in [0.2, 0.25) is 0 Å². The lowest BCUT2D eigenvalue weighted by Gasteiger charge is -2.36. The van der Waals surface area contributed by atoms with Crippen molar-refractivity contribution in [2.45, 2.75) is 70.5 Å². The van der Waals surface area contributed by atoms with E-state index in [-0.39, 0.29) is 24.3 Å². The topological polar surface area (TPSA) is 108 Å². The summed E-state index contributed by atoms with van der Waals surface area (Å²) >= 11 is 0. The molecule has 36 heavy (non-hydrogen) atoms. The highest BCUT2D eigenvalue weighted by Gasteiger charge is 2.35. The minimum atomic E-state index is -0.848. The zero-order valence-electron chi connectivity index (χ0n) is 20.9. The summed E-state index contributed by atoms with van der Waals surface area (Å²) in [5.41, 5.74) is 1.83. The first kappa shape index (κ1) is 27.0. The number of hydrogen-bond acceptors (Lipinski definition) is 5. The molecular weight excluding hydrogens is 458 g/mol. The number of carboxylic acid groups (broad SMARTS) is 1. The average Bonchev–Trinajstić information content (AvgIpc) is 3.42. The molecule has 0 aliphatic heterocycles. The zero-order chi connectivity index (χ0) is 25.8. The lowest BCUT2D eigenvalue weighted by Crippen LogP contribution is -2.57. The Hall–Kier alpha value is -3.55. The van der Waals surface area contributed by atoms with Crippen LogP contribution in [0.4, 0.5) is 5.69 Å². The number of carboxylic acids is 1. The summed E-state index contributed by atoms with van der Waals surface area (Å²) in [4.78, 5) is 38.8. The molecule has 0 aromatic heterocycles. The normalized spacial score (nSPS) is 14.1. The maximum Gasteiger partial charge on any atom is 0.303 e. The average molecular weight is 496 g/mol. The Morgan fingerprint density at radius 1 is 1.06 bits per heavy atom. The summed E-state index contributed by atoms with van der Waals surface area (Å²) < 4.78 is 5.61. The Balaban J connectivity index is 1.69. The maximum atomic E-state index is 13.4. The number of rotatable bonds is 14. The molecule has 0 radical (unpaired) electrons. The Morgan fingerprint density at radius 3 is 2.39 bits per heavy atom. The van der Waals surface area contributed by atoms with Crippen LogP contribution in [0.25, 0.3) is 0 Å². The van der Waals surface area contributed by atoms with Gasteiger partial charge in [0.2, 0.25) is 5.91 Å².